The molecule has 1 saturated heterocycles. The van der Waals surface area contributed by atoms with Gasteiger partial charge in [-0.2, -0.15) is 0 Å². The predicted octanol–water partition coefficient (Wildman–Crippen LogP) is 5.03. The summed E-state index contributed by atoms with van der Waals surface area (Å²) in [5.74, 6) is -0.737. The van der Waals surface area contributed by atoms with Gasteiger partial charge in [0.1, 0.15) is 11.6 Å². The Kier molecular flexibility index (Phi) is 7.86. The van der Waals surface area contributed by atoms with Gasteiger partial charge in [0.25, 0.3) is 5.91 Å². The second-order valence-corrected chi connectivity index (χ2v) is 13.6. The summed E-state index contributed by atoms with van der Waals surface area (Å²) in [6.07, 6.45) is 0.307. The van der Waals surface area contributed by atoms with Crippen LogP contribution in [0.2, 0.25) is 0 Å². The maximum atomic E-state index is 13.1. The van der Waals surface area contributed by atoms with E-state index in [0.29, 0.717) is 11.3 Å². The van der Waals surface area contributed by atoms with Crippen molar-refractivity contribution in [1.29, 1.82) is 0 Å². The summed E-state index contributed by atoms with van der Waals surface area (Å²) in [7, 11) is -0.457. The number of rotatable bonds is 6. The molecule has 1 amide bonds. The molecule has 1 fully saturated rings. The molecule has 0 bridgehead atoms. The van der Waals surface area contributed by atoms with Crippen LogP contribution in [0.4, 0.5) is 0 Å². The monoisotopic (exact) mass is 513 g/mol. The van der Waals surface area contributed by atoms with E-state index in [2.05, 4.69) is 26.1 Å². The molecular weight excluding hydrogens is 473 g/mol. The fourth-order valence-corrected chi connectivity index (χ4v) is 4.65. The minimum Gasteiger partial charge on any atom is -0.458 e. The number of hydrogen-bond acceptors (Lipinski definition) is 6. The van der Waals surface area contributed by atoms with Crippen LogP contribution >= 0.6 is 11.3 Å². The van der Waals surface area contributed by atoms with Crippen LogP contribution in [-0.2, 0) is 30.7 Å². The largest absolute Gasteiger partial charge is 0.494 e. The van der Waals surface area contributed by atoms with Gasteiger partial charge in [-0.3, -0.25) is 4.79 Å². The molecule has 1 aliphatic heterocycles. The smallest absolute Gasteiger partial charge is 0.458 e. The molecule has 0 unspecified atom stereocenters. The zero-order valence-electron chi connectivity index (χ0n) is 23.3. The van der Waals surface area contributed by atoms with Crippen molar-refractivity contribution in [2.45, 2.75) is 104 Å². The van der Waals surface area contributed by atoms with Crippen molar-refractivity contribution in [3.05, 3.63) is 51.7 Å². The molecule has 196 valence electrons. The number of amides is 1. The molecule has 1 atom stereocenters. The van der Waals surface area contributed by atoms with Crippen LogP contribution in [0, 0.1) is 0 Å². The van der Waals surface area contributed by atoms with E-state index in [1.807, 2.05) is 84.9 Å². The van der Waals surface area contributed by atoms with E-state index >= 15 is 0 Å². The zero-order valence-corrected chi connectivity index (χ0v) is 24.1. The highest BCUT2D eigenvalue weighted by Crippen LogP contribution is 2.36. The third-order valence-corrected chi connectivity index (χ3v) is 8.02. The van der Waals surface area contributed by atoms with E-state index in [1.54, 1.807) is 0 Å². The molecular formula is C28H40BNO5S. The maximum Gasteiger partial charge on any atom is 0.494 e. The molecule has 36 heavy (non-hydrogen) atoms. The number of carbonyl (C=O) groups excluding carboxylic acids is 2. The SMILES string of the molecule is CC(C)(C)OC(=O)[C@H](Cc1ccc(B2OC(C)(C)C(C)(C)O2)cc1)NC(=O)c1ccc(C(C)(C)C)s1. The number of carbonyl (C=O) groups is 2. The van der Waals surface area contributed by atoms with Crippen LogP contribution in [0.5, 0.6) is 0 Å². The Hall–Kier alpha value is -2.16. The van der Waals surface area contributed by atoms with E-state index < -0.39 is 35.9 Å². The summed E-state index contributed by atoms with van der Waals surface area (Å²) in [6.45, 7) is 19.9. The summed E-state index contributed by atoms with van der Waals surface area (Å²) >= 11 is 1.44. The first-order chi connectivity index (χ1) is 16.4. The summed E-state index contributed by atoms with van der Waals surface area (Å²) in [5.41, 5.74) is 0.251. The Morgan fingerprint density at radius 2 is 1.50 bits per heavy atom. The second kappa shape index (κ2) is 9.95. The summed E-state index contributed by atoms with van der Waals surface area (Å²) < 4.78 is 17.9. The van der Waals surface area contributed by atoms with Gasteiger partial charge in [-0.15, -0.1) is 11.3 Å². The number of thiophene rings is 1. The van der Waals surface area contributed by atoms with Crippen molar-refractivity contribution in [3.8, 4) is 0 Å². The third-order valence-electron chi connectivity index (χ3n) is 6.51. The Morgan fingerprint density at radius 3 is 1.97 bits per heavy atom. The van der Waals surface area contributed by atoms with Crippen LogP contribution in [0.15, 0.2) is 36.4 Å². The third kappa shape index (κ3) is 6.78. The Balaban J connectivity index is 1.77. The van der Waals surface area contributed by atoms with Crippen molar-refractivity contribution >= 4 is 35.8 Å². The second-order valence-electron chi connectivity index (χ2n) is 12.5. The number of nitrogens with one attached hydrogen (secondary N) is 1. The van der Waals surface area contributed by atoms with Crippen LogP contribution in [0.1, 0.15) is 89.3 Å². The molecule has 1 aromatic heterocycles. The molecule has 1 aromatic carbocycles. The molecule has 3 rings (SSSR count). The summed E-state index contributed by atoms with van der Waals surface area (Å²) in [4.78, 5) is 27.8. The number of esters is 1. The highest BCUT2D eigenvalue weighted by atomic mass is 32.1. The first-order valence-corrected chi connectivity index (χ1v) is 13.3. The van der Waals surface area contributed by atoms with Crippen molar-refractivity contribution in [3.63, 3.8) is 0 Å². The number of benzene rings is 1. The fourth-order valence-electron chi connectivity index (χ4n) is 3.68. The van der Waals surface area contributed by atoms with E-state index in [9.17, 15) is 9.59 Å². The molecule has 0 aliphatic carbocycles. The van der Waals surface area contributed by atoms with Gasteiger partial charge in [-0.1, -0.05) is 45.0 Å². The molecule has 2 heterocycles. The quantitative estimate of drug-likeness (QED) is 0.434. The van der Waals surface area contributed by atoms with E-state index in [-0.39, 0.29) is 11.3 Å². The normalized spacial score (nSPS) is 18.1. The van der Waals surface area contributed by atoms with Crippen LogP contribution < -0.4 is 10.8 Å². The van der Waals surface area contributed by atoms with Gasteiger partial charge in [0.05, 0.1) is 16.1 Å². The first-order valence-electron chi connectivity index (χ1n) is 12.5. The maximum absolute atomic E-state index is 13.1. The standard InChI is InChI=1S/C28H40BNO5S/c1-25(2,3)22-16-15-21(36-22)23(31)30-20(24(32)33-26(4,5)6)17-18-11-13-19(14-12-18)29-34-27(7,8)28(9,10)35-29/h11-16,20H,17H2,1-10H3,(H,30,31)/t20-/m0/s1. The minimum atomic E-state index is -0.820. The minimum absolute atomic E-state index is 0.0489. The molecule has 0 spiro atoms. The summed E-state index contributed by atoms with van der Waals surface area (Å²) in [5, 5.41) is 2.91. The lowest BCUT2D eigenvalue weighted by Crippen LogP contribution is -2.45. The van der Waals surface area contributed by atoms with Gasteiger partial charge in [0.2, 0.25) is 0 Å². The molecule has 8 heteroatoms. The van der Waals surface area contributed by atoms with Crippen LogP contribution in [0.3, 0.4) is 0 Å². The molecule has 0 saturated carbocycles. The Bertz CT molecular complexity index is 1080. The van der Waals surface area contributed by atoms with Gasteiger partial charge in [0.15, 0.2) is 0 Å². The van der Waals surface area contributed by atoms with Gasteiger partial charge in [-0.25, -0.2) is 4.79 Å². The van der Waals surface area contributed by atoms with E-state index in [0.717, 1.165) is 15.9 Å². The van der Waals surface area contributed by atoms with Gasteiger partial charge in [0, 0.05) is 11.3 Å². The summed E-state index contributed by atoms with van der Waals surface area (Å²) in [6, 6.07) is 10.7. The molecule has 1 N–H and O–H groups in total. The average molecular weight is 514 g/mol. The zero-order chi connectivity index (χ0) is 27.1. The highest BCUT2D eigenvalue weighted by molar-refractivity contribution is 7.14. The van der Waals surface area contributed by atoms with Crippen molar-refractivity contribution < 1.29 is 23.6 Å². The van der Waals surface area contributed by atoms with Crippen molar-refractivity contribution in [1.82, 2.24) is 5.32 Å². The average Bonchev–Trinajstić information content (AvgIpc) is 3.29. The Morgan fingerprint density at radius 1 is 0.944 bits per heavy atom. The lowest BCUT2D eigenvalue weighted by molar-refractivity contribution is -0.157. The van der Waals surface area contributed by atoms with Gasteiger partial charge in [-0.05, 0) is 77.0 Å². The lowest BCUT2D eigenvalue weighted by Gasteiger charge is -2.32. The van der Waals surface area contributed by atoms with Crippen LogP contribution in [0.25, 0.3) is 0 Å². The number of ether oxygens (including phenoxy) is 1. The molecule has 1 aliphatic rings. The molecule has 0 radical (unpaired) electrons. The van der Waals surface area contributed by atoms with E-state index in [1.165, 1.54) is 11.3 Å². The molecule has 6 nitrogen and oxygen atoms in total. The topological polar surface area (TPSA) is 73.9 Å². The highest BCUT2D eigenvalue weighted by Gasteiger charge is 2.51. The van der Waals surface area contributed by atoms with E-state index in [4.69, 9.17) is 14.0 Å². The van der Waals surface area contributed by atoms with Gasteiger partial charge < -0.3 is 19.4 Å². The number of hydrogen-bond donors (Lipinski definition) is 1. The lowest BCUT2D eigenvalue weighted by atomic mass is 9.78. The first kappa shape index (κ1) is 28.4. The van der Waals surface area contributed by atoms with Crippen molar-refractivity contribution in [2.24, 2.45) is 0 Å². The fraction of sp³-hybridized carbons (Fsp3) is 0.571. The Labute approximate surface area is 220 Å². The van der Waals surface area contributed by atoms with Crippen LogP contribution in [-0.4, -0.2) is 41.8 Å². The van der Waals surface area contributed by atoms with Gasteiger partial charge >= 0.3 is 13.1 Å². The van der Waals surface area contributed by atoms with Crippen molar-refractivity contribution in [2.75, 3.05) is 0 Å². The molecule has 2 aromatic rings. The predicted molar refractivity (Wildman–Crippen MR) is 146 cm³/mol.